The first kappa shape index (κ1) is 24.9. The number of nitrogens with two attached hydrogens (primary N) is 1. The molecule has 1 atom stereocenters. The standard InChI is InChI=1S/C32H41N3O/c1-22-23(2)31-28(24(3)29(22)33)19-32(4,36-31)21-35-17-15-25(16-18-35)20-34-30(26-11-7-5-8-12-26)27-13-9-6-10-14-27/h5-14,25,30,34H,15-21,33H2,1-4H3. The number of rotatable bonds is 7. The maximum absolute atomic E-state index is 6.64. The van der Waals surface area contributed by atoms with Crippen LogP contribution in [0.25, 0.3) is 0 Å². The summed E-state index contributed by atoms with van der Waals surface area (Å²) in [6.45, 7) is 12.9. The Morgan fingerprint density at radius 3 is 2.08 bits per heavy atom. The predicted octanol–water partition coefficient (Wildman–Crippen LogP) is 5.98. The van der Waals surface area contributed by atoms with Gasteiger partial charge < -0.3 is 15.8 Å². The van der Waals surface area contributed by atoms with Crippen LogP contribution in [0.4, 0.5) is 5.69 Å². The Morgan fingerprint density at radius 1 is 0.917 bits per heavy atom. The molecule has 1 fully saturated rings. The molecule has 4 heteroatoms. The third-order valence-corrected chi connectivity index (χ3v) is 8.48. The first-order valence-corrected chi connectivity index (χ1v) is 13.5. The molecule has 3 aromatic rings. The highest BCUT2D eigenvalue weighted by molar-refractivity contribution is 5.66. The number of likely N-dealkylation sites (tertiary alicyclic amines) is 1. The van der Waals surface area contributed by atoms with Crippen LogP contribution >= 0.6 is 0 Å². The van der Waals surface area contributed by atoms with E-state index in [9.17, 15) is 0 Å². The number of nitrogens with zero attached hydrogens (tertiary/aromatic N) is 1. The molecule has 4 nitrogen and oxygen atoms in total. The monoisotopic (exact) mass is 483 g/mol. The van der Waals surface area contributed by atoms with Gasteiger partial charge in [-0.3, -0.25) is 4.90 Å². The van der Waals surface area contributed by atoms with Crippen LogP contribution in [0.2, 0.25) is 0 Å². The minimum absolute atomic E-state index is 0.186. The Bertz CT molecular complexity index is 1110. The average molecular weight is 484 g/mol. The van der Waals surface area contributed by atoms with Gasteiger partial charge >= 0.3 is 0 Å². The van der Waals surface area contributed by atoms with E-state index in [0.717, 1.165) is 49.6 Å². The number of hydrogen-bond acceptors (Lipinski definition) is 4. The van der Waals surface area contributed by atoms with Gasteiger partial charge in [-0.05, 0) is 93.9 Å². The highest BCUT2D eigenvalue weighted by Gasteiger charge is 2.39. The molecule has 0 bridgehead atoms. The first-order chi connectivity index (χ1) is 17.3. The van der Waals surface area contributed by atoms with Crippen molar-refractivity contribution in [1.29, 1.82) is 0 Å². The molecule has 0 amide bonds. The van der Waals surface area contributed by atoms with E-state index in [1.54, 1.807) is 0 Å². The van der Waals surface area contributed by atoms with Crippen molar-refractivity contribution in [3.8, 4) is 5.75 Å². The van der Waals surface area contributed by atoms with Crippen LogP contribution < -0.4 is 15.8 Å². The Hall–Kier alpha value is -2.82. The summed E-state index contributed by atoms with van der Waals surface area (Å²) in [5.74, 6) is 1.77. The summed E-state index contributed by atoms with van der Waals surface area (Å²) in [5, 5.41) is 3.90. The van der Waals surface area contributed by atoms with Crippen LogP contribution in [-0.4, -0.2) is 36.7 Å². The molecule has 190 valence electrons. The highest BCUT2D eigenvalue weighted by atomic mass is 16.5. The lowest BCUT2D eigenvalue weighted by molar-refractivity contribution is 0.0472. The van der Waals surface area contributed by atoms with Gasteiger partial charge in [0.05, 0.1) is 6.04 Å². The fourth-order valence-corrected chi connectivity index (χ4v) is 6.13. The summed E-state index contributed by atoms with van der Waals surface area (Å²) in [6.07, 6.45) is 3.38. The van der Waals surface area contributed by atoms with E-state index in [2.05, 4.69) is 98.6 Å². The topological polar surface area (TPSA) is 50.5 Å². The van der Waals surface area contributed by atoms with E-state index in [0.29, 0.717) is 5.92 Å². The second-order valence-corrected chi connectivity index (χ2v) is 11.2. The van der Waals surface area contributed by atoms with Gasteiger partial charge in [0.1, 0.15) is 11.4 Å². The lowest BCUT2D eigenvalue weighted by Crippen LogP contribution is -2.48. The van der Waals surface area contributed by atoms with Gasteiger partial charge in [-0.2, -0.15) is 0 Å². The second-order valence-electron chi connectivity index (χ2n) is 11.2. The molecule has 0 aliphatic carbocycles. The first-order valence-electron chi connectivity index (χ1n) is 13.5. The maximum atomic E-state index is 6.64. The van der Waals surface area contributed by atoms with Crippen LogP contribution in [0.5, 0.6) is 5.75 Å². The molecule has 2 aliphatic rings. The molecule has 3 N–H and O–H groups in total. The van der Waals surface area contributed by atoms with Crippen LogP contribution in [-0.2, 0) is 6.42 Å². The quantitative estimate of drug-likeness (QED) is 0.406. The van der Waals surface area contributed by atoms with E-state index in [1.807, 2.05) is 0 Å². The lowest BCUT2D eigenvalue weighted by atomic mass is 9.90. The lowest BCUT2D eigenvalue weighted by Gasteiger charge is -2.37. The van der Waals surface area contributed by atoms with E-state index >= 15 is 0 Å². The van der Waals surface area contributed by atoms with Gasteiger partial charge in [-0.25, -0.2) is 0 Å². The smallest absolute Gasteiger partial charge is 0.127 e. The Kier molecular flexibility index (Phi) is 7.09. The molecule has 0 aromatic heterocycles. The normalized spacial score (nSPS) is 20.5. The zero-order chi connectivity index (χ0) is 25.3. The fourth-order valence-electron chi connectivity index (χ4n) is 6.13. The molecule has 5 rings (SSSR count). The van der Waals surface area contributed by atoms with Crippen molar-refractivity contribution < 1.29 is 4.74 Å². The molecule has 3 aromatic carbocycles. The molecular weight excluding hydrogens is 442 g/mol. The minimum Gasteiger partial charge on any atom is -0.485 e. The van der Waals surface area contributed by atoms with Gasteiger partial charge in [0, 0.05) is 24.2 Å². The SMILES string of the molecule is Cc1c(C)c2c(c(C)c1N)CC(C)(CN1CCC(CNC(c3ccccc3)c3ccccc3)CC1)O2. The number of benzene rings is 3. The summed E-state index contributed by atoms with van der Waals surface area (Å²) in [4.78, 5) is 2.61. The maximum Gasteiger partial charge on any atom is 0.127 e. The molecule has 2 aliphatic heterocycles. The van der Waals surface area contributed by atoms with Gasteiger partial charge in [-0.15, -0.1) is 0 Å². The molecule has 0 spiro atoms. The van der Waals surface area contributed by atoms with Crippen molar-refractivity contribution in [1.82, 2.24) is 10.2 Å². The van der Waals surface area contributed by atoms with E-state index in [1.165, 1.54) is 40.7 Å². The van der Waals surface area contributed by atoms with Gasteiger partial charge in [0.15, 0.2) is 0 Å². The predicted molar refractivity (Wildman–Crippen MR) is 150 cm³/mol. The van der Waals surface area contributed by atoms with Crippen molar-refractivity contribution in [2.45, 2.75) is 58.6 Å². The van der Waals surface area contributed by atoms with Crippen molar-refractivity contribution in [3.63, 3.8) is 0 Å². The number of hydrogen-bond donors (Lipinski definition) is 2. The summed E-state index contributed by atoms with van der Waals surface area (Å²) >= 11 is 0. The van der Waals surface area contributed by atoms with Crippen LogP contribution in [0.1, 0.15) is 59.2 Å². The summed E-state index contributed by atoms with van der Waals surface area (Å²) in [7, 11) is 0. The van der Waals surface area contributed by atoms with Crippen molar-refractivity contribution in [2.75, 3.05) is 31.9 Å². The molecule has 0 radical (unpaired) electrons. The Morgan fingerprint density at radius 2 is 1.50 bits per heavy atom. The van der Waals surface area contributed by atoms with Crippen molar-refractivity contribution in [3.05, 3.63) is 94.0 Å². The van der Waals surface area contributed by atoms with Crippen LogP contribution in [0, 0.1) is 26.7 Å². The van der Waals surface area contributed by atoms with Crippen LogP contribution in [0.3, 0.4) is 0 Å². The zero-order valence-corrected chi connectivity index (χ0v) is 22.3. The summed E-state index contributed by atoms with van der Waals surface area (Å²) < 4.78 is 6.64. The molecule has 2 heterocycles. The summed E-state index contributed by atoms with van der Waals surface area (Å²) in [5.41, 5.74) is 14.7. The molecule has 0 saturated carbocycles. The molecule has 1 unspecified atom stereocenters. The number of anilines is 1. The van der Waals surface area contributed by atoms with Crippen molar-refractivity contribution >= 4 is 5.69 Å². The third-order valence-electron chi connectivity index (χ3n) is 8.48. The number of nitrogens with one attached hydrogen (secondary N) is 1. The zero-order valence-electron chi connectivity index (χ0n) is 22.3. The van der Waals surface area contributed by atoms with Gasteiger partial charge in [-0.1, -0.05) is 60.7 Å². The number of nitrogen functional groups attached to an aromatic ring is 1. The van der Waals surface area contributed by atoms with Gasteiger partial charge in [0.25, 0.3) is 0 Å². The van der Waals surface area contributed by atoms with Gasteiger partial charge in [0.2, 0.25) is 0 Å². The van der Waals surface area contributed by atoms with Crippen molar-refractivity contribution in [2.24, 2.45) is 5.92 Å². The second kappa shape index (κ2) is 10.3. The molecule has 36 heavy (non-hydrogen) atoms. The summed E-state index contributed by atoms with van der Waals surface area (Å²) in [6, 6.07) is 21.9. The molecular formula is C32H41N3O. The average Bonchev–Trinajstić information content (AvgIpc) is 3.26. The van der Waals surface area contributed by atoms with Crippen LogP contribution in [0.15, 0.2) is 60.7 Å². The van der Waals surface area contributed by atoms with E-state index in [4.69, 9.17) is 10.5 Å². The highest BCUT2D eigenvalue weighted by Crippen LogP contribution is 2.44. The minimum atomic E-state index is -0.186. The largest absolute Gasteiger partial charge is 0.485 e. The Labute approximate surface area is 216 Å². The number of fused-ring (bicyclic) bond motifs is 1. The number of ether oxygens (including phenoxy) is 1. The fraction of sp³-hybridized carbons (Fsp3) is 0.438. The Balaban J connectivity index is 1.18. The number of piperidine rings is 1. The van der Waals surface area contributed by atoms with E-state index in [-0.39, 0.29) is 11.6 Å². The third kappa shape index (κ3) is 5.02. The molecule has 1 saturated heterocycles. The van der Waals surface area contributed by atoms with E-state index < -0.39 is 0 Å².